The molecule has 1 fully saturated rings. The van der Waals surface area contributed by atoms with E-state index in [2.05, 4.69) is 31.5 Å². The monoisotopic (exact) mass is 430 g/mol. The van der Waals surface area contributed by atoms with Crippen molar-refractivity contribution < 1.29 is 4.74 Å². The zero-order chi connectivity index (χ0) is 22.1. The number of aryl methyl sites for hydroxylation is 1. The van der Waals surface area contributed by atoms with Gasteiger partial charge in [0.05, 0.1) is 13.7 Å². The van der Waals surface area contributed by atoms with Gasteiger partial charge in [-0.15, -0.1) is 5.10 Å². The zero-order valence-corrected chi connectivity index (χ0v) is 18.3. The largest absolute Gasteiger partial charge is 0.497 e. The summed E-state index contributed by atoms with van der Waals surface area (Å²) in [6.45, 7) is 4.35. The van der Waals surface area contributed by atoms with Crippen molar-refractivity contribution in [2.24, 2.45) is 0 Å². The lowest BCUT2D eigenvalue weighted by Crippen LogP contribution is -2.33. The molecular formula is C24H26N6O2. The van der Waals surface area contributed by atoms with E-state index in [0.717, 1.165) is 53.7 Å². The van der Waals surface area contributed by atoms with E-state index in [9.17, 15) is 4.79 Å². The standard InChI is InChI=1S/C24H26N6O2/c1-16-5-8-18-14-20(24(31)25-21(18)13-16)22(29-11-3-4-12-29)23-26-27-28-30(23)15-17-6-9-19(32-2)10-7-17/h5-10,13-14,22H,3-4,11-12,15H2,1-2H3,(H,25,31)/t22-/m0/s1. The Kier molecular flexibility index (Phi) is 5.45. The number of nitrogens with zero attached hydrogens (tertiary/aromatic N) is 5. The second-order valence-corrected chi connectivity index (χ2v) is 8.33. The van der Waals surface area contributed by atoms with Gasteiger partial charge in [-0.25, -0.2) is 4.68 Å². The number of tetrazole rings is 1. The minimum atomic E-state index is -0.305. The maximum absolute atomic E-state index is 13.2. The number of H-pyrrole nitrogens is 1. The molecular weight excluding hydrogens is 404 g/mol. The number of rotatable bonds is 6. The molecule has 0 radical (unpaired) electrons. The van der Waals surface area contributed by atoms with Crippen molar-refractivity contribution in [2.45, 2.75) is 32.4 Å². The highest BCUT2D eigenvalue weighted by Gasteiger charge is 2.32. The normalized spacial score (nSPS) is 15.3. The zero-order valence-electron chi connectivity index (χ0n) is 18.3. The van der Waals surface area contributed by atoms with Crippen molar-refractivity contribution in [1.82, 2.24) is 30.1 Å². The number of benzene rings is 2. The number of fused-ring (bicyclic) bond motifs is 1. The van der Waals surface area contributed by atoms with Gasteiger partial charge < -0.3 is 9.72 Å². The number of aromatic nitrogens is 5. The number of hydrogen-bond donors (Lipinski definition) is 1. The van der Waals surface area contributed by atoms with Gasteiger partial charge >= 0.3 is 0 Å². The number of methoxy groups -OCH3 is 1. The van der Waals surface area contributed by atoms with Crippen molar-refractivity contribution in [1.29, 1.82) is 0 Å². The lowest BCUT2D eigenvalue weighted by molar-refractivity contribution is 0.263. The fourth-order valence-corrected chi connectivity index (χ4v) is 4.46. The van der Waals surface area contributed by atoms with Gasteiger partial charge in [0.15, 0.2) is 5.82 Å². The number of hydrogen-bond acceptors (Lipinski definition) is 6. The third-order valence-electron chi connectivity index (χ3n) is 6.13. The number of ether oxygens (including phenoxy) is 1. The molecule has 3 heterocycles. The highest BCUT2D eigenvalue weighted by molar-refractivity contribution is 5.79. The van der Waals surface area contributed by atoms with Crippen LogP contribution in [0.1, 0.15) is 41.4 Å². The molecule has 1 N–H and O–H groups in total. The maximum Gasteiger partial charge on any atom is 0.253 e. The van der Waals surface area contributed by atoms with Gasteiger partial charge in [-0.1, -0.05) is 24.3 Å². The van der Waals surface area contributed by atoms with Crippen LogP contribution in [0.2, 0.25) is 0 Å². The molecule has 4 aromatic rings. The first-order valence-corrected chi connectivity index (χ1v) is 10.9. The van der Waals surface area contributed by atoms with Crippen molar-refractivity contribution in [3.63, 3.8) is 0 Å². The summed E-state index contributed by atoms with van der Waals surface area (Å²) >= 11 is 0. The van der Waals surface area contributed by atoms with Crippen LogP contribution in [-0.2, 0) is 6.54 Å². The van der Waals surface area contributed by atoms with E-state index in [1.165, 1.54) is 0 Å². The Labute approximate surface area is 185 Å². The molecule has 32 heavy (non-hydrogen) atoms. The van der Waals surface area contributed by atoms with Crippen LogP contribution in [-0.4, -0.2) is 50.3 Å². The molecule has 1 aliphatic heterocycles. The van der Waals surface area contributed by atoms with E-state index in [1.54, 1.807) is 11.8 Å². The quantitative estimate of drug-likeness (QED) is 0.506. The predicted octanol–water partition coefficient (Wildman–Crippen LogP) is 3.07. The summed E-state index contributed by atoms with van der Waals surface area (Å²) in [5, 5.41) is 13.6. The minimum Gasteiger partial charge on any atom is -0.497 e. The van der Waals surface area contributed by atoms with Crippen LogP contribution in [0.25, 0.3) is 10.9 Å². The third kappa shape index (κ3) is 3.89. The second-order valence-electron chi connectivity index (χ2n) is 8.33. The summed E-state index contributed by atoms with van der Waals surface area (Å²) in [6.07, 6.45) is 2.20. The molecule has 2 aromatic heterocycles. The number of nitrogens with one attached hydrogen (secondary N) is 1. The van der Waals surface area contributed by atoms with Gasteiger partial charge in [0.25, 0.3) is 5.56 Å². The molecule has 0 bridgehead atoms. The second kappa shape index (κ2) is 8.55. The third-order valence-corrected chi connectivity index (χ3v) is 6.13. The molecule has 164 valence electrons. The van der Waals surface area contributed by atoms with Crippen LogP contribution < -0.4 is 10.3 Å². The van der Waals surface area contributed by atoms with Gasteiger partial charge in [0.1, 0.15) is 11.8 Å². The van der Waals surface area contributed by atoms with Gasteiger partial charge in [-0.05, 0) is 84.1 Å². The molecule has 0 saturated carbocycles. The lowest BCUT2D eigenvalue weighted by Gasteiger charge is -2.26. The Morgan fingerprint density at radius 1 is 1.09 bits per heavy atom. The number of likely N-dealkylation sites (tertiary alicyclic amines) is 1. The molecule has 1 saturated heterocycles. The Balaban J connectivity index is 1.57. The highest BCUT2D eigenvalue weighted by atomic mass is 16.5. The maximum atomic E-state index is 13.2. The van der Waals surface area contributed by atoms with E-state index in [0.29, 0.717) is 17.9 Å². The smallest absolute Gasteiger partial charge is 0.253 e. The fourth-order valence-electron chi connectivity index (χ4n) is 4.46. The van der Waals surface area contributed by atoms with E-state index in [-0.39, 0.29) is 11.6 Å². The van der Waals surface area contributed by atoms with Gasteiger partial charge in [-0.3, -0.25) is 9.69 Å². The Morgan fingerprint density at radius 2 is 1.88 bits per heavy atom. The molecule has 0 amide bonds. The SMILES string of the molecule is COc1ccc(Cn2nnnc2[C@H](c2cc3ccc(C)cc3[nH]c2=O)N2CCCC2)cc1. The van der Waals surface area contributed by atoms with Crippen LogP contribution in [0.5, 0.6) is 5.75 Å². The molecule has 0 aliphatic carbocycles. The van der Waals surface area contributed by atoms with Crippen LogP contribution in [0.3, 0.4) is 0 Å². The highest BCUT2D eigenvalue weighted by Crippen LogP contribution is 2.30. The molecule has 5 rings (SSSR count). The average Bonchev–Trinajstić information content (AvgIpc) is 3.48. The molecule has 0 spiro atoms. The Bertz CT molecular complexity index is 1290. The first kappa shape index (κ1) is 20.4. The molecule has 2 aromatic carbocycles. The van der Waals surface area contributed by atoms with Gasteiger partial charge in [-0.2, -0.15) is 0 Å². The Morgan fingerprint density at radius 3 is 2.62 bits per heavy atom. The van der Waals surface area contributed by atoms with Crippen LogP contribution in [0.15, 0.2) is 53.3 Å². The first-order valence-electron chi connectivity index (χ1n) is 10.9. The summed E-state index contributed by atoms with van der Waals surface area (Å²) in [6, 6.07) is 15.6. The van der Waals surface area contributed by atoms with Crippen LogP contribution in [0.4, 0.5) is 0 Å². The van der Waals surface area contributed by atoms with Gasteiger partial charge in [0, 0.05) is 11.1 Å². The molecule has 1 atom stereocenters. The number of aromatic amines is 1. The molecule has 8 nitrogen and oxygen atoms in total. The van der Waals surface area contributed by atoms with Crippen molar-refractivity contribution >= 4 is 10.9 Å². The summed E-state index contributed by atoms with van der Waals surface area (Å²) in [7, 11) is 1.65. The topological polar surface area (TPSA) is 88.9 Å². The van der Waals surface area contributed by atoms with Crippen molar-refractivity contribution in [2.75, 3.05) is 20.2 Å². The minimum absolute atomic E-state index is 0.0982. The van der Waals surface area contributed by atoms with E-state index < -0.39 is 0 Å². The van der Waals surface area contributed by atoms with Crippen molar-refractivity contribution in [3.8, 4) is 5.75 Å². The lowest BCUT2D eigenvalue weighted by atomic mass is 10.0. The molecule has 8 heteroatoms. The summed E-state index contributed by atoms with van der Waals surface area (Å²) in [5.74, 6) is 1.48. The van der Waals surface area contributed by atoms with Crippen LogP contribution in [0, 0.1) is 6.92 Å². The van der Waals surface area contributed by atoms with E-state index >= 15 is 0 Å². The molecule has 0 unspecified atom stereocenters. The summed E-state index contributed by atoms with van der Waals surface area (Å²) in [5.41, 5.74) is 3.59. The summed E-state index contributed by atoms with van der Waals surface area (Å²) < 4.78 is 7.05. The van der Waals surface area contributed by atoms with Crippen LogP contribution >= 0.6 is 0 Å². The van der Waals surface area contributed by atoms with E-state index in [4.69, 9.17) is 4.74 Å². The number of pyridine rings is 1. The molecule has 1 aliphatic rings. The predicted molar refractivity (Wildman–Crippen MR) is 122 cm³/mol. The van der Waals surface area contributed by atoms with E-state index in [1.807, 2.05) is 49.4 Å². The summed E-state index contributed by atoms with van der Waals surface area (Å²) in [4.78, 5) is 18.6. The Hall–Kier alpha value is -3.52. The van der Waals surface area contributed by atoms with Crippen molar-refractivity contribution in [3.05, 3.63) is 81.4 Å². The first-order chi connectivity index (χ1) is 15.6. The fraction of sp³-hybridized carbons (Fsp3) is 0.333. The average molecular weight is 431 g/mol. The van der Waals surface area contributed by atoms with Gasteiger partial charge in [0.2, 0.25) is 0 Å².